The van der Waals surface area contributed by atoms with Gasteiger partial charge >= 0.3 is 0 Å². The molecule has 0 aromatic heterocycles. The second-order valence-corrected chi connectivity index (χ2v) is 4.78. The van der Waals surface area contributed by atoms with Crippen molar-refractivity contribution in [2.45, 2.75) is 86.7 Å². The van der Waals surface area contributed by atoms with Gasteiger partial charge in [-0.15, -0.1) is 0 Å². The Morgan fingerprint density at radius 1 is 0.647 bits per heavy atom. The van der Waals surface area contributed by atoms with E-state index in [1.165, 1.54) is 0 Å². The fraction of sp³-hybridized carbons (Fsp3) is 1.00. The van der Waals surface area contributed by atoms with Gasteiger partial charge in [0.15, 0.2) is 0 Å². The Morgan fingerprint density at radius 2 is 0.765 bits per heavy atom. The molecule has 0 aromatic carbocycles. The molecule has 0 atom stereocenters. The average molecular weight is 250 g/mol. The normalized spacial score (nSPS) is 10.2. The second-order valence-electron chi connectivity index (χ2n) is 4.78. The van der Waals surface area contributed by atoms with Crippen LogP contribution in [0, 0.1) is 0 Å². The van der Waals surface area contributed by atoms with E-state index in [0.29, 0.717) is 24.4 Å². The van der Waals surface area contributed by atoms with Crippen molar-refractivity contribution in [3.8, 4) is 0 Å². The lowest BCUT2D eigenvalue weighted by molar-refractivity contribution is 0.0296. The molecule has 0 rings (SSSR count). The van der Waals surface area contributed by atoms with Crippen molar-refractivity contribution in [1.82, 2.24) is 0 Å². The highest BCUT2D eigenvalue weighted by atomic mass is 16.5. The van der Waals surface area contributed by atoms with Gasteiger partial charge in [-0.05, 0) is 62.3 Å². The van der Waals surface area contributed by atoms with Gasteiger partial charge in [-0.3, -0.25) is 0 Å². The van der Waals surface area contributed by atoms with Crippen molar-refractivity contribution >= 4 is 0 Å². The van der Waals surface area contributed by atoms with E-state index in [1.807, 2.05) is 55.4 Å². The third-order valence-electron chi connectivity index (χ3n) is 1.09. The Kier molecular flexibility index (Phi) is 20.6. The molecule has 0 fully saturated rings. The van der Waals surface area contributed by atoms with Crippen molar-refractivity contribution < 1.29 is 14.6 Å². The average Bonchev–Trinajstić information content (AvgIpc) is 1.99. The van der Waals surface area contributed by atoms with E-state index in [0.717, 1.165) is 0 Å². The number of rotatable bonds is 4. The third-order valence-corrected chi connectivity index (χ3v) is 1.09. The SMILES string of the molecule is CC(C)OC(C)C.CC(C)OC(C)C.CCO. The quantitative estimate of drug-likeness (QED) is 0.828. The second kappa shape index (κ2) is 15.9. The van der Waals surface area contributed by atoms with Crippen molar-refractivity contribution in [3.05, 3.63) is 0 Å². The zero-order valence-corrected chi connectivity index (χ0v) is 13.3. The highest BCUT2D eigenvalue weighted by Crippen LogP contribution is 1.93. The van der Waals surface area contributed by atoms with E-state index in [-0.39, 0.29) is 6.61 Å². The molecule has 0 bridgehead atoms. The molecule has 3 nitrogen and oxygen atoms in total. The molecular weight excluding hydrogens is 216 g/mol. The molecular formula is C14H34O3. The van der Waals surface area contributed by atoms with E-state index in [4.69, 9.17) is 14.6 Å². The molecule has 3 heteroatoms. The summed E-state index contributed by atoms with van der Waals surface area (Å²) >= 11 is 0. The summed E-state index contributed by atoms with van der Waals surface area (Å²) in [4.78, 5) is 0. The van der Waals surface area contributed by atoms with Gasteiger partial charge in [0.25, 0.3) is 0 Å². The van der Waals surface area contributed by atoms with Crippen LogP contribution in [0.3, 0.4) is 0 Å². The summed E-state index contributed by atoms with van der Waals surface area (Å²) in [5.41, 5.74) is 0. The molecule has 108 valence electrons. The molecule has 0 aliphatic heterocycles. The first-order chi connectivity index (χ1) is 7.67. The van der Waals surface area contributed by atoms with E-state index < -0.39 is 0 Å². The van der Waals surface area contributed by atoms with Crippen LogP contribution < -0.4 is 0 Å². The first-order valence-electron chi connectivity index (χ1n) is 6.58. The molecule has 0 heterocycles. The highest BCUT2D eigenvalue weighted by molar-refractivity contribution is 4.40. The lowest BCUT2D eigenvalue weighted by atomic mass is 10.4. The minimum atomic E-state index is 0.250. The van der Waals surface area contributed by atoms with Gasteiger partial charge in [0, 0.05) is 6.61 Å². The Labute approximate surface area is 109 Å². The number of ether oxygens (including phenoxy) is 2. The Morgan fingerprint density at radius 3 is 0.765 bits per heavy atom. The predicted octanol–water partition coefficient (Wildman–Crippen LogP) is 3.64. The number of aliphatic hydroxyl groups excluding tert-OH is 1. The van der Waals surface area contributed by atoms with Gasteiger partial charge in [-0.1, -0.05) is 0 Å². The number of hydrogen-bond donors (Lipinski definition) is 1. The van der Waals surface area contributed by atoms with Crippen LogP contribution in [0.2, 0.25) is 0 Å². The minimum absolute atomic E-state index is 0.250. The highest BCUT2D eigenvalue weighted by Gasteiger charge is 1.94. The van der Waals surface area contributed by atoms with E-state index >= 15 is 0 Å². The first kappa shape index (κ1) is 22.1. The smallest absolute Gasteiger partial charge is 0.0522 e. The van der Waals surface area contributed by atoms with E-state index in [9.17, 15) is 0 Å². The summed E-state index contributed by atoms with van der Waals surface area (Å²) in [6.45, 7) is 18.3. The summed E-state index contributed by atoms with van der Waals surface area (Å²) in [5, 5.41) is 7.57. The van der Waals surface area contributed by atoms with E-state index in [1.54, 1.807) is 6.92 Å². The van der Waals surface area contributed by atoms with Crippen LogP contribution >= 0.6 is 0 Å². The maximum atomic E-state index is 7.57. The standard InChI is InChI=1S/2C6H14O.C2H6O/c2*1-5(2)7-6(3)4;1-2-3/h2*5-6H,1-4H3;3H,2H2,1H3. The number of aliphatic hydroxyl groups is 1. The first-order valence-corrected chi connectivity index (χ1v) is 6.58. The van der Waals surface area contributed by atoms with Crippen LogP contribution in [0.15, 0.2) is 0 Å². The Balaban J connectivity index is -0.000000188. The van der Waals surface area contributed by atoms with Crippen LogP contribution in [0.5, 0.6) is 0 Å². The summed E-state index contributed by atoms with van der Waals surface area (Å²) in [6.07, 6.45) is 1.50. The van der Waals surface area contributed by atoms with Crippen molar-refractivity contribution in [3.63, 3.8) is 0 Å². The molecule has 0 unspecified atom stereocenters. The topological polar surface area (TPSA) is 38.7 Å². The summed E-state index contributed by atoms with van der Waals surface area (Å²) in [7, 11) is 0. The minimum Gasteiger partial charge on any atom is -0.397 e. The number of hydrogen-bond acceptors (Lipinski definition) is 3. The van der Waals surface area contributed by atoms with Gasteiger partial charge in [-0.25, -0.2) is 0 Å². The molecule has 0 amide bonds. The maximum absolute atomic E-state index is 7.57. The van der Waals surface area contributed by atoms with Crippen LogP contribution in [-0.4, -0.2) is 36.1 Å². The zero-order valence-electron chi connectivity index (χ0n) is 13.3. The van der Waals surface area contributed by atoms with Gasteiger partial charge in [0.05, 0.1) is 24.4 Å². The van der Waals surface area contributed by atoms with Crippen molar-refractivity contribution in [2.75, 3.05) is 6.61 Å². The molecule has 0 aliphatic carbocycles. The van der Waals surface area contributed by atoms with Crippen LogP contribution in [-0.2, 0) is 9.47 Å². The van der Waals surface area contributed by atoms with Gasteiger partial charge in [-0.2, -0.15) is 0 Å². The van der Waals surface area contributed by atoms with Crippen molar-refractivity contribution in [1.29, 1.82) is 0 Å². The molecule has 0 aromatic rings. The summed E-state index contributed by atoms with van der Waals surface area (Å²) in [5.74, 6) is 0. The van der Waals surface area contributed by atoms with Crippen LogP contribution in [0.25, 0.3) is 0 Å². The Bertz CT molecular complexity index is 94.6. The van der Waals surface area contributed by atoms with Crippen LogP contribution in [0.1, 0.15) is 62.3 Å². The Hall–Kier alpha value is -0.120. The maximum Gasteiger partial charge on any atom is 0.0522 e. The van der Waals surface area contributed by atoms with Gasteiger partial charge in [0.2, 0.25) is 0 Å². The molecule has 17 heavy (non-hydrogen) atoms. The van der Waals surface area contributed by atoms with Gasteiger partial charge in [0.1, 0.15) is 0 Å². The fourth-order valence-corrected chi connectivity index (χ4v) is 1.09. The van der Waals surface area contributed by atoms with E-state index in [2.05, 4.69) is 0 Å². The predicted molar refractivity (Wildman–Crippen MR) is 75.5 cm³/mol. The lowest BCUT2D eigenvalue weighted by Crippen LogP contribution is -2.09. The van der Waals surface area contributed by atoms with Gasteiger partial charge < -0.3 is 14.6 Å². The largest absolute Gasteiger partial charge is 0.397 e. The molecule has 0 saturated heterocycles. The van der Waals surface area contributed by atoms with Crippen LogP contribution in [0.4, 0.5) is 0 Å². The third kappa shape index (κ3) is 49.3. The molecule has 1 N–H and O–H groups in total. The fourth-order valence-electron chi connectivity index (χ4n) is 1.09. The molecule has 0 radical (unpaired) electrons. The molecule has 0 aliphatic rings. The monoisotopic (exact) mass is 250 g/mol. The molecule has 0 saturated carbocycles. The zero-order chi connectivity index (χ0) is 14.4. The lowest BCUT2D eigenvalue weighted by Gasteiger charge is -2.09. The summed E-state index contributed by atoms with van der Waals surface area (Å²) in [6, 6.07) is 0. The molecule has 0 spiro atoms. The summed E-state index contributed by atoms with van der Waals surface area (Å²) < 4.78 is 10.5. The van der Waals surface area contributed by atoms with Crippen molar-refractivity contribution in [2.24, 2.45) is 0 Å².